The van der Waals surface area contributed by atoms with Crippen LogP contribution in [0, 0.1) is 0 Å². The first kappa shape index (κ1) is 12.6. The zero-order valence-electron chi connectivity index (χ0n) is 10.4. The molecule has 3 aromatic heterocycles. The molecule has 0 aliphatic rings. The number of nitrogens with zero attached hydrogens (tertiary/aromatic N) is 4. The largest absolute Gasteiger partial charge is 0.293 e. The summed E-state index contributed by atoms with van der Waals surface area (Å²) in [5.74, 6) is 0.00684. The third-order valence-corrected chi connectivity index (χ3v) is 3.50. The highest BCUT2D eigenvalue weighted by molar-refractivity contribution is 7.11. The fraction of sp³-hybridized carbons (Fsp3) is 0.0714. The molecule has 5 nitrogen and oxygen atoms in total. The molecular formula is C14H10N4OS. The van der Waals surface area contributed by atoms with Gasteiger partial charge in [0.1, 0.15) is 5.69 Å². The highest BCUT2D eigenvalue weighted by atomic mass is 32.1. The quantitative estimate of drug-likeness (QED) is 0.687. The molecule has 0 atom stereocenters. The molecule has 0 fully saturated rings. The lowest BCUT2D eigenvalue weighted by atomic mass is 10.2. The number of aromatic nitrogens is 4. The van der Waals surface area contributed by atoms with E-state index >= 15 is 0 Å². The highest BCUT2D eigenvalue weighted by Crippen LogP contribution is 2.13. The van der Waals surface area contributed by atoms with Gasteiger partial charge >= 0.3 is 0 Å². The Morgan fingerprint density at radius 1 is 1.05 bits per heavy atom. The van der Waals surface area contributed by atoms with Crippen molar-refractivity contribution in [3.05, 3.63) is 59.1 Å². The molecule has 0 amide bonds. The van der Waals surface area contributed by atoms with E-state index in [1.54, 1.807) is 30.3 Å². The number of hydrogen-bond acceptors (Lipinski definition) is 6. The number of rotatable bonds is 4. The average molecular weight is 282 g/mol. The molecule has 0 radical (unpaired) electrons. The van der Waals surface area contributed by atoms with Crippen LogP contribution in [0.25, 0.3) is 11.4 Å². The van der Waals surface area contributed by atoms with E-state index in [0.717, 1.165) is 5.69 Å². The number of Topliss-reactive ketones (excluding diaryl/α,β-unsaturated/α-hetero) is 1. The minimum absolute atomic E-state index is 0.00684. The van der Waals surface area contributed by atoms with Crippen molar-refractivity contribution in [2.45, 2.75) is 6.42 Å². The van der Waals surface area contributed by atoms with Gasteiger partial charge in [0, 0.05) is 18.6 Å². The van der Waals surface area contributed by atoms with Gasteiger partial charge in [0.05, 0.1) is 34.4 Å². The van der Waals surface area contributed by atoms with Gasteiger partial charge in [0.25, 0.3) is 0 Å². The topological polar surface area (TPSA) is 68.6 Å². The fourth-order valence-electron chi connectivity index (χ4n) is 1.70. The van der Waals surface area contributed by atoms with E-state index in [1.165, 1.54) is 11.3 Å². The Morgan fingerprint density at radius 2 is 2.00 bits per heavy atom. The molecule has 3 rings (SSSR count). The zero-order chi connectivity index (χ0) is 13.8. The maximum absolute atomic E-state index is 11.9. The molecule has 98 valence electrons. The van der Waals surface area contributed by atoms with Gasteiger partial charge < -0.3 is 0 Å². The molecule has 3 aromatic rings. The van der Waals surface area contributed by atoms with Crippen LogP contribution >= 0.6 is 11.3 Å². The van der Waals surface area contributed by atoms with Crippen molar-refractivity contribution in [1.29, 1.82) is 0 Å². The summed E-state index contributed by atoms with van der Waals surface area (Å²) < 4.78 is 0. The number of thiazole rings is 1. The summed E-state index contributed by atoms with van der Waals surface area (Å²) in [4.78, 5) is 29.2. The molecule has 20 heavy (non-hydrogen) atoms. The maximum atomic E-state index is 11.9. The predicted octanol–water partition coefficient (Wildman–Crippen LogP) is 2.42. The summed E-state index contributed by atoms with van der Waals surface area (Å²) in [5.41, 5.74) is 3.74. The van der Waals surface area contributed by atoms with Gasteiger partial charge in [-0.2, -0.15) is 0 Å². The van der Waals surface area contributed by atoms with E-state index in [4.69, 9.17) is 0 Å². The Balaban J connectivity index is 1.75. The van der Waals surface area contributed by atoms with E-state index in [2.05, 4.69) is 19.9 Å². The first-order chi connectivity index (χ1) is 9.83. The zero-order valence-corrected chi connectivity index (χ0v) is 11.2. The van der Waals surface area contributed by atoms with Crippen LogP contribution in [0.4, 0.5) is 0 Å². The van der Waals surface area contributed by atoms with Gasteiger partial charge in [0.2, 0.25) is 0 Å². The van der Waals surface area contributed by atoms with Crippen LogP contribution in [-0.4, -0.2) is 25.7 Å². The Kier molecular flexibility index (Phi) is 3.56. The maximum Gasteiger partial charge on any atom is 0.180 e. The molecule has 0 bridgehead atoms. The van der Waals surface area contributed by atoms with Gasteiger partial charge in [0.15, 0.2) is 5.78 Å². The molecule has 0 saturated carbocycles. The number of carbonyl (C=O) groups is 1. The van der Waals surface area contributed by atoms with Crippen molar-refractivity contribution in [3.63, 3.8) is 0 Å². The number of carbonyl (C=O) groups excluding carboxylic acids is 1. The average Bonchev–Trinajstić information content (AvgIpc) is 3.03. The van der Waals surface area contributed by atoms with Crippen molar-refractivity contribution < 1.29 is 4.79 Å². The normalized spacial score (nSPS) is 10.4. The molecule has 0 aliphatic carbocycles. The second kappa shape index (κ2) is 5.66. The molecule has 0 N–H and O–H groups in total. The summed E-state index contributed by atoms with van der Waals surface area (Å²) in [6.45, 7) is 0. The van der Waals surface area contributed by atoms with Gasteiger partial charge in [-0.3, -0.25) is 24.7 Å². The first-order valence-corrected chi connectivity index (χ1v) is 6.85. The van der Waals surface area contributed by atoms with Crippen LogP contribution in [0.1, 0.15) is 15.4 Å². The van der Waals surface area contributed by atoms with Crippen molar-refractivity contribution >= 4 is 17.1 Å². The van der Waals surface area contributed by atoms with E-state index in [-0.39, 0.29) is 12.2 Å². The summed E-state index contributed by atoms with van der Waals surface area (Å²) in [6.07, 6.45) is 6.76. The van der Waals surface area contributed by atoms with Gasteiger partial charge in [-0.1, -0.05) is 6.07 Å². The van der Waals surface area contributed by atoms with Crippen LogP contribution in [0.2, 0.25) is 0 Å². The summed E-state index contributed by atoms with van der Waals surface area (Å²) in [5, 5.41) is 0. The Labute approximate surface area is 119 Å². The fourth-order valence-corrected chi connectivity index (χ4v) is 2.26. The Bertz CT molecular complexity index is 696. The lowest BCUT2D eigenvalue weighted by Gasteiger charge is -2.01. The second-order valence-corrected chi connectivity index (χ2v) is 4.96. The minimum Gasteiger partial charge on any atom is -0.293 e. The van der Waals surface area contributed by atoms with Gasteiger partial charge in [-0.15, -0.1) is 11.3 Å². The lowest BCUT2D eigenvalue weighted by Crippen LogP contribution is -2.04. The third kappa shape index (κ3) is 2.75. The molecular weight excluding hydrogens is 272 g/mol. The first-order valence-electron chi connectivity index (χ1n) is 5.97. The number of pyridine rings is 1. The molecule has 0 unspecified atom stereocenters. The van der Waals surface area contributed by atoms with Crippen LogP contribution in [0.3, 0.4) is 0 Å². The Morgan fingerprint density at radius 3 is 2.65 bits per heavy atom. The standard InChI is InChI=1S/C14H10N4OS/c19-13(14-8-15-9-20-14)5-10-6-18-12(7-17-10)11-3-1-2-4-16-11/h1-4,6-9H,5H2. The van der Waals surface area contributed by atoms with E-state index in [9.17, 15) is 4.79 Å². The van der Waals surface area contributed by atoms with Gasteiger partial charge in [-0.25, -0.2) is 0 Å². The van der Waals surface area contributed by atoms with Crippen LogP contribution in [-0.2, 0) is 6.42 Å². The van der Waals surface area contributed by atoms with Crippen molar-refractivity contribution in [3.8, 4) is 11.4 Å². The van der Waals surface area contributed by atoms with E-state index < -0.39 is 0 Å². The van der Waals surface area contributed by atoms with Crippen molar-refractivity contribution in [2.75, 3.05) is 0 Å². The second-order valence-electron chi connectivity index (χ2n) is 4.07. The summed E-state index contributed by atoms with van der Waals surface area (Å²) in [7, 11) is 0. The predicted molar refractivity (Wildman–Crippen MR) is 75.4 cm³/mol. The van der Waals surface area contributed by atoms with Crippen molar-refractivity contribution in [2.24, 2.45) is 0 Å². The molecule has 3 heterocycles. The molecule has 6 heteroatoms. The molecule has 0 aliphatic heterocycles. The molecule has 0 spiro atoms. The molecule has 0 saturated heterocycles. The van der Waals surface area contributed by atoms with E-state index in [1.807, 2.05) is 18.2 Å². The number of hydrogen-bond donors (Lipinski definition) is 0. The third-order valence-electron chi connectivity index (χ3n) is 2.68. The van der Waals surface area contributed by atoms with E-state index in [0.29, 0.717) is 16.3 Å². The lowest BCUT2D eigenvalue weighted by molar-refractivity contribution is 0.0995. The monoisotopic (exact) mass is 282 g/mol. The highest BCUT2D eigenvalue weighted by Gasteiger charge is 2.10. The van der Waals surface area contributed by atoms with Crippen molar-refractivity contribution in [1.82, 2.24) is 19.9 Å². The summed E-state index contributed by atoms with van der Waals surface area (Å²) >= 11 is 1.33. The minimum atomic E-state index is 0.00684. The van der Waals surface area contributed by atoms with Crippen LogP contribution < -0.4 is 0 Å². The molecule has 0 aromatic carbocycles. The van der Waals surface area contributed by atoms with Crippen LogP contribution in [0.5, 0.6) is 0 Å². The SMILES string of the molecule is O=C(Cc1cnc(-c2ccccn2)cn1)c1cncs1. The smallest absolute Gasteiger partial charge is 0.180 e. The summed E-state index contributed by atoms with van der Waals surface area (Å²) in [6, 6.07) is 5.61. The van der Waals surface area contributed by atoms with Crippen LogP contribution in [0.15, 0.2) is 48.5 Å². The Hall–Kier alpha value is -2.47. The number of ketones is 1. The van der Waals surface area contributed by atoms with Gasteiger partial charge in [-0.05, 0) is 12.1 Å².